The van der Waals surface area contributed by atoms with E-state index >= 15 is 0 Å². The molecular weight excluding hydrogens is 334 g/mol. The summed E-state index contributed by atoms with van der Waals surface area (Å²) in [7, 11) is 0. The minimum absolute atomic E-state index is 0.164. The van der Waals surface area contributed by atoms with E-state index in [1.54, 1.807) is 0 Å². The van der Waals surface area contributed by atoms with Crippen LogP contribution in [0, 0.1) is 0 Å². The molecule has 1 saturated heterocycles. The average molecular weight is 350 g/mol. The average Bonchev–Trinajstić information content (AvgIpc) is 2.75. The van der Waals surface area contributed by atoms with E-state index in [4.69, 9.17) is 0 Å². The Hall–Kier alpha value is -1.000. The highest BCUT2D eigenvalue weighted by molar-refractivity contribution is 9.10. The van der Waals surface area contributed by atoms with Gasteiger partial charge in [-0.05, 0) is 47.2 Å². The van der Waals surface area contributed by atoms with Crippen molar-refractivity contribution in [3.63, 3.8) is 0 Å². The normalized spacial score (nSPS) is 16.1. The Balaban J connectivity index is 1.89. The van der Waals surface area contributed by atoms with Crippen LogP contribution in [0.15, 0.2) is 40.9 Å². The molecule has 0 N–H and O–H groups in total. The molecule has 4 heteroatoms. The van der Waals surface area contributed by atoms with E-state index in [2.05, 4.69) is 28.1 Å². The fraction of sp³-hybridized carbons (Fsp3) is 0.312. The first-order chi connectivity index (χ1) is 9.74. The number of rotatable bonds is 1. The van der Waals surface area contributed by atoms with E-state index in [9.17, 15) is 4.79 Å². The van der Waals surface area contributed by atoms with Crippen molar-refractivity contribution in [1.82, 2.24) is 4.90 Å². The van der Waals surface area contributed by atoms with Gasteiger partial charge in [0, 0.05) is 28.9 Å². The van der Waals surface area contributed by atoms with Crippen molar-refractivity contribution in [3.8, 4) is 0 Å². The lowest BCUT2D eigenvalue weighted by molar-refractivity contribution is 0.0768. The van der Waals surface area contributed by atoms with Gasteiger partial charge in [0.15, 0.2) is 0 Å². The predicted octanol–water partition coefficient (Wildman–Crippen LogP) is 4.18. The molecule has 2 aromatic rings. The third-order valence-electron chi connectivity index (χ3n) is 3.56. The van der Waals surface area contributed by atoms with E-state index in [0.717, 1.165) is 51.8 Å². The number of hydrogen-bond donors (Lipinski definition) is 0. The number of carbonyl (C=O) groups excluding carboxylic acids is 1. The zero-order chi connectivity index (χ0) is 13.9. The molecule has 0 unspecified atom stereocenters. The summed E-state index contributed by atoms with van der Waals surface area (Å²) < 4.78 is 1.06. The minimum atomic E-state index is 0.164. The summed E-state index contributed by atoms with van der Waals surface area (Å²) >= 11 is 5.41. The number of halogens is 1. The number of hydrogen-bond acceptors (Lipinski definition) is 2. The van der Waals surface area contributed by atoms with Gasteiger partial charge >= 0.3 is 0 Å². The van der Waals surface area contributed by atoms with Crippen molar-refractivity contribution < 1.29 is 4.79 Å². The van der Waals surface area contributed by atoms with Gasteiger partial charge < -0.3 is 4.90 Å². The summed E-state index contributed by atoms with van der Waals surface area (Å²) in [5, 5.41) is 2.27. The van der Waals surface area contributed by atoms with Gasteiger partial charge in [-0.1, -0.05) is 28.1 Å². The third-order valence-corrected chi connectivity index (χ3v) is 5.10. The zero-order valence-electron chi connectivity index (χ0n) is 11.1. The summed E-state index contributed by atoms with van der Waals surface area (Å²) in [5.74, 6) is 2.37. The first-order valence-electron chi connectivity index (χ1n) is 6.80. The molecule has 0 saturated carbocycles. The second-order valence-electron chi connectivity index (χ2n) is 4.96. The highest BCUT2D eigenvalue weighted by Crippen LogP contribution is 2.22. The number of fused-ring (bicyclic) bond motifs is 1. The van der Waals surface area contributed by atoms with Crippen LogP contribution < -0.4 is 0 Å². The molecule has 104 valence electrons. The van der Waals surface area contributed by atoms with Crippen LogP contribution in [0.2, 0.25) is 0 Å². The molecule has 0 aromatic heterocycles. The van der Waals surface area contributed by atoms with Crippen LogP contribution in [0.1, 0.15) is 16.8 Å². The molecular formula is C16H16BrNOS. The van der Waals surface area contributed by atoms with Crippen molar-refractivity contribution in [2.75, 3.05) is 24.6 Å². The second kappa shape index (κ2) is 6.19. The fourth-order valence-electron chi connectivity index (χ4n) is 2.48. The molecule has 2 nitrogen and oxygen atoms in total. The molecule has 2 aromatic carbocycles. The molecule has 1 fully saturated rings. The van der Waals surface area contributed by atoms with Gasteiger partial charge in [-0.2, -0.15) is 11.8 Å². The van der Waals surface area contributed by atoms with Crippen LogP contribution in [-0.2, 0) is 0 Å². The molecule has 3 rings (SSSR count). The molecule has 0 atom stereocenters. The first-order valence-corrected chi connectivity index (χ1v) is 8.75. The molecule has 0 radical (unpaired) electrons. The lowest BCUT2D eigenvalue weighted by Gasteiger charge is -2.20. The van der Waals surface area contributed by atoms with Gasteiger partial charge in [-0.15, -0.1) is 0 Å². The Labute approximate surface area is 131 Å². The molecule has 20 heavy (non-hydrogen) atoms. The standard InChI is InChI=1S/C16H16BrNOS/c17-15-5-4-12-10-14(3-2-13(12)11-15)16(19)18-6-1-8-20-9-7-18/h2-5,10-11H,1,6-9H2. The Bertz CT molecular complexity index is 635. The smallest absolute Gasteiger partial charge is 0.253 e. The SMILES string of the molecule is O=C(c1ccc2cc(Br)ccc2c1)N1CCCSCC1. The van der Waals surface area contributed by atoms with Crippen molar-refractivity contribution in [2.24, 2.45) is 0 Å². The minimum Gasteiger partial charge on any atom is -0.338 e. The Morgan fingerprint density at radius 1 is 1.05 bits per heavy atom. The highest BCUT2D eigenvalue weighted by atomic mass is 79.9. The lowest BCUT2D eigenvalue weighted by Crippen LogP contribution is -2.32. The van der Waals surface area contributed by atoms with Gasteiger partial charge in [0.2, 0.25) is 0 Å². The third kappa shape index (κ3) is 3.01. The van der Waals surface area contributed by atoms with Crippen molar-refractivity contribution >= 4 is 44.4 Å². The van der Waals surface area contributed by atoms with Gasteiger partial charge in [0.1, 0.15) is 0 Å². The van der Waals surface area contributed by atoms with Crippen molar-refractivity contribution in [2.45, 2.75) is 6.42 Å². The Morgan fingerprint density at radius 3 is 2.75 bits per heavy atom. The lowest BCUT2D eigenvalue weighted by atomic mass is 10.1. The van der Waals surface area contributed by atoms with E-state index in [-0.39, 0.29) is 5.91 Å². The highest BCUT2D eigenvalue weighted by Gasteiger charge is 2.17. The van der Waals surface area contributed by atoms with Crippen LogP contribution in [-0.4, -0.2) is 35.4 Å². The summed E-state index contributed by atoms with van der Waals surface area (Å²) in [6.45, 7) is 1.74. The zero-order valence-corrected chi connectivity index (χ0v) is 13.5. The number of nitrogens with zero attached hydrogens (tertiary/aromatic N) is 1. The van der Waals surface area contributed by atoms with E-state index in [1.807, 2.05) is 40.9 Å². The summed E-state index contributed by atoms with van der Waals surface area (Å²) in [5.41, 5.74) is 0.798. The number of benzene rings is 2. The number of amides is 1. The van der Waals surface area contributed by atoms with Crippen LogP contribution in [0.25, 0.3) is 10.8 Å². The molecule has 0 bridgehead atoms. The maximum Gasteiger partial charge on any atom is 0.253 e. The van der Waals surface area contributed by atoms with Gasteiger partial charge in [-0.25, -0.2) is 0 Å². The van der Waals surface area contributed by atoms with E-state index in [0.29, 0.717) is 0 Å². The second-order valence-corrected chi connectivity index (χ2v) is 7.10. The molecule has 1 aliphatic heterocycles. The molecule has 0 spiro atoms. The Morgan fingerprint density at radius 2 is 1.85 bits per heavy atom. The maximum absolute atomic E-state index is 12.6. The van der Waals surface area contributed by atoms with Crippen LogP contribution >= 0.6 is 27.7 Å². The fourth-order valence-corrected chi connectivity index (χ4v) is 3.75. The maximum atomic E-state index is 12.6. The van der Waals surface area contributed by atoms with Gasteiger partial charge in [0.25, 0.3) is 5.91 Å². The van der Waals surface area contributed by atoms with E-state index < -0.39 is 0 Å². The predicted molar refractivity (Wildman–Crippen MR) is 89.5 cm³/mol. The summed E-state index contributed by atoms with van der Waals surface area (Å²) in [6, 6.07) is 12.1. The van der Waals surface area contributed by atoms with Gasteiger partial charge in [0.05, 0.1) is 0 Å². The quantitative estimate of drug-likeness (QED) is 0.769. The monoisotopic (exact) mass is 349 g/mol. The molecule has 0 aliphatic carbocycles. The molecule has 1 aliphatic rings. The van der Waals surface area contributed by atoms with Crippen molar-refractivity contribution in [1.29, 1.82) is 0 Å². The van der Waals surface area contributed by atoms with Gasteiger partial charge in [-0.3, -0.25) is 4.79 Å². The summed E-state index contributed by atoms with van der Waals surface area (Å²) in [6.07, 6.45) is 1.09. The Kier molecular flexibility index (Phi) is 4.32. The topological polar surface area (TPSA) is 20.3 Å². The van der Waals surface area contributed by atoms with Crippen molar-refractivity contribution in [3.05, 3.63) is 46.4 Å². The first kappa shape index (κ1) is 14.0. The number of thioether (sulfide) groups is 1. The van der Waals surface area contributed by atoms with Crippen LogP contribution in [0.3, 0.4) is 0 Å². The van der Waals surface area contributed by atoms with Crippen LogP contribution in [0.5, 0.6) is 0 Å². The molecule has 1 amide bonds. The van der Waals surface area contributed by atoms with Crippen LogP contribution in [0.4, 0.5) is 0 Å². The van der Waals surface area contributed by atoms with E-state index in [1.165, 1.54) is 0 Å². The number of carbonyl (C=O) groups is 1. The molecule has 1 heterocycles. The largest absolute Gasteiger partial charge is 0.338 e. The summed E-state index contributed by atoms with van der Waals surface area (Å²) in [4.78, 5) is 14.6.